The van der Waals surface area contributed by atoms with Gasteiger partial charge in [-0.2, -0.15) is 0 Å². The highest BCUT2D eigenvalue weighted by atomic mass is 32.1. The molecule has 1 aliphatic carbocycles. The summed E-state index contributed by atoms with van der Waals surface area (Å²) in [7, 11) is 2.01. The quantitative estimate of drug-likeness (QED) is 0.792. The number of nitrogens with two attached hydrogens (primary N) is 1. The molecule has 1 fully saturated rings. The van der Waals surface area contributed by atoms with E-state index in [-0.39, 0.29) is 11.9 Å². The minimum atomic E-state index is -0.138. The smallest absolute Gasteiger partial charge is 0.241 e. The minimum absolute atomic E-state index is 0.0138. The number of hydrogen-bond acceptors (Lipinski definition) is 3. The van der Waals surface area contributed by atoms with Gasteiger partial charge in [-0.1, -0.05) is 18.6 Å². The molecule has 0 radical (unpaired) electrons. The van der Waals surface area contributed by atoms with Gasteiger partial charge in [-0.3, -0.25) is 9.69 Å². The third-order valence-electron chi connectivity index (χ3n) is 4.25. The van der Waals surface area contributed by atoms with Gasteiger partial charge in [-0.15, -0.1) is 0 Å². The molecule has 1 aromatic rings. The molecule has 1 amide bonds. The minimum Gasteiger partial charge on any atom is -0.389 e. The number of anilines is 1. The van der Waals surface area contributed by atoms with Crippen LogP contribution in [-0.2, 0) is 4.79 Å². The Morgan fingerprint density at radius 3 is 2.52 bits per heavy atom. The Morgan fingerprint density at radius 2 is 2.05 bits per heavy atom. The van der Waals surface area contributed by atoms with Gasteiger partial charge in [0, 0.05) is 17.8 Å². The van der Waals surface area contributed by atoms with E-state index in [9.17, 15) is 4.79 Å². The number of nitrogens with zero attached hydrogens (tertiary/aromatic N) is 1. The molecule has 2 rings (SSSR count). The number of amides is 1. The number of carbonyl (C=O) groups is 1. The Hall–Kier alpha value is -1.46. The Morgan fingerprint density at radius 1 is 1.43 bits per heavy atom. The van der Waals surface area contributed by atoms with Crippen LogP contribution in [0.25, 0.3) is 0 Å². The Bertz CT molecular complexity index is 511. The van der Waals surface area contributed by atoms with E-state index >= 15 is 0 Å². The molecule has 0 saturated heterocycles. The van der Waals surface area contributed by atoms with Crippen LogP contribution in [-0.4, -0.2) is 35.4 Å². The van der Waals surface area contributed by atoms with Gasteiger partial charge in [-0.25, -0.2) is 0 Å². The van der Waals surface area contributed by atoms with Crippen molar-refractivity contribution in [2.24, 2.45) is 11.7 Å². The molecule has 21 heavy (non-hydrogen) atoms. The molecule has 0 aliphatic heterocycles. The molecule has 1 saturated carbocycles. The maximum Gasteiger partial charge on any atom is 0.241 e. The van der Waals surface area contributed by atoms with E-state index in [0.717, 1.165) is 23.7 Å². The fourth-order valence-electron chi connectivity index (χ4n) is 2.41. The van der Waals surface area contributed by atoms with Crippen molar-refractivity contribution in [1.29, 1.82) is 0 Å². The summed E-state index contributed by atoms with van der Waals surface area (Å²) in [5.41, 5.74) is 7.13. The first-order chi connectivity index (χ1) is 9.97. The van der Waals surface area contributed by atoms with Crippen LogP contribution < -0.4 is 11.1 Å². The van der Waals surface area contributed by atoms with E-state index in [0.29, 0.717) is 4.99 Å². The van der Waals surface area contributed by atoms with E-state index in [1.165, 1.54) is 19.3 Å². The number of thiocarbonyl (C=S) groups is 1. The number of benzene rings is 1. The van der Waals surface area contributed by atoms with Crippen LogP contribution >= 0.6 is 12.2 Å². The summed E-state index contributed by atoms with van der Waals surface area (Å²) >= 11 is 4.91. The van der Waals surface area contributed by atoms with E-state index in [1.807, 2.05) is 38.2 Å². The van der Waals surface area contributed by atoms with Crippen molar-refractivity contribution >= 4 is 28.8 Å². The maximum absolute atomic E-state index is 12.3. The number of likely N-dealkylation sites (N-methyl/N-ethyl adjacent to an activating group) is 1. The zero-order chi connectivity index (χ0) is 15.4. The third kappa shape index (κ3) is 4.25. The van der Waals surface area contributed by atoms with Crippen molar-refractivity contribution in [3.8, 4) is 0 Å². The third-order valence-corrected chi connectivity index (χ3v) is 4.48. The fourth-order valence-corrected chi connectivity index (χ4v) is 2.54. The lowest BCUT2D eigenvalue weighted by molar-refractivity contribution is -0.120. The highest BCUT2D eigenvalue weighted by Crippen LogP contribution is 2.27. The van der Waals surface area contributed by atoms with E-state index in [4.69, 9.17) is 18.0 Å². The normalized spacial score (nSPS) is 16.3. The van der Waals surface area contributed by atoms with Crippen LogP contribution in [0, 0.1) is 5.92 Å². The molecule has 3 N–H and O–H groups in total. The van der Waals surface area contributed by atoms with Gasteiger partial charge in [-0.05, 0) is 57.0 Å². The van der Waals surface area contributed by atoms with Gasteiger partial charge < -0.3 is 11.1 Å². The lowest BCUT2D eigenvalue weighted by Crippen LogP contribution is -2.42. The summed E-state index contributed by atoms with van der Waals surface area (Å²) in [5, 5.41) is 2.93. The predicted molar refractivity (Wildman–Crippen MR) is 90.4 cm³/mol. The lowest BCUT2D eigenvalue weighted by Gasteiger charge is -2.32. The first-order valence-corrected chi connectivity index (χ1v) is 7.79. The van der Waals surface area contributed by atoms with Crippen molar-refractivity contribution in [1.82, 2.24) is 4.90 Å². The largest absolute Gasteiger partial charge is 0.389 e. The van der Waals surface area contributed by atoms with Crippen molar-refractivity contribution in [2.75, 3.05) is 18.9 Å². The van der Waals surface area contributed by atoms with Crippen LogP contribution in [0.2, 0.25) is 0 Å². The first kappa shape index (κ1) is 15.9. The second-order valence-corrected chi connectivity index (χ2v) is 6.28. The highest BCUT2D eigenvalue weighted by molar-refractivity contribution is 7.80. The molecule has 1 aliphatic rings. The van der Waals surface area contributed by atoms with Crippen LogP contribution in [0.15, 0.2) is 24.3 Å². The van der Waals surface area contributed by atoms with Crippen LogP contribution in [0.4, 0.5) is 5.69 Å². The Balaban J connectivity index is 1.88. The monoisotopic (exact) mass is 305 g/mol. The Labute approximate surface area is 131 Å². The zero-order valence-corrected chi connectivity index (χ0v) is 13.5. The molecule has 114 valence electrons. The van der Waals surface area contributed by atoms with E-state index < -0.39 is 0 Å². The number of carbonyl (C=O) groups excluding carboxylic acids is 1. The van der Waals surface area contributed by atoms with Crippen molar-refractivity contribution < 1.29 is 4.79 Å². The zero-order valence-electron chi connectivity index (χ0n) is 12.6. The van der Waals surface area contributed by atoms with Crippen molar-refractivity contribution in [3.63, 3.8) is 0 Å². The molecular formula is C16H23N3OS. The molecule has 1 atom stereocenters. The topological polar surface area (TPSA) is 58.4 Å². The van der Waals surface area contributed by atoms with Crippen LogP contribution in [0.3, 0.4) is 0 Å². The van der Waals surface area contributed by atoms with Gasteiger partial charge >= 0.3 is 0 Å². The van der Waals surface area contributed by atoms with Gasteiger partial charge in [0.2, 0.25) is 5.91 Å². The maximum atomic E-state index is 12.3. The molecule has 4 nitrogen and oxygen atoms in total. The summed E-state index contributed by atoms with van der Waals surface area (Å²) in [5.74, 6) is 0.773. The summed E-state index contributed by atoms with van der Waals surface area (Å²) in [6.07, 6.45) is 3.91. The summed E-state index contributed by atoms with van der Waals surface area (Å²) in [4.78, 5) is 14.7. The molecule has 0 heterocycles. The molecule has 0 aromatic heterocycles. The SMILES string of the molecule is CC(C(=O)Nc1ccc(C(N)=S)cc1)N(C)CC1CCC1. The van der Waals surface area contributed by atoms with E-state index in [1.54, 1.807) is 0 Å². The second kappa shape index (κ2) is 7.00. The molecular weight excluding hydrogens is 282 g/mol. The van der Waals surface area contributed by atoms with Gasteiger partial charge in [0.25, 0.3) is 0 Å². The lowest BCUT2D eigenvalue weighted by atomic mass is 9.85. The number of hydrogen-bond donors (Lipinski definition) is 2. The molecule has 1 aromatic carbocycles. The summed E-state index contributed by atoms with van der Waals surface area (Å²) < 4.78 is 0. The molecule has 1 unspecified atom stereocenters. The molecule has 0 bridgehead atoms. The number of nitrogens with one attached hydrogen (secondary N) is 1. The van der Waals surface area contributed by atoms with Gasteiger partial charge in [0.05, 0.1) is 6.04 Å². The number of rotatable bonds is 6. The summed E-state index contributed by atoms with van der Waals surface area (Å²) in [6.45, 7) is 2.94. The van der Waals surface area contributed by atoms with Crippen LogP contribution in [0.5, 0.6) is 0 Å². The first-order valence-electron chi connectivity index (χ1n) is 7.38. The van der Waals surface area contributed by atoms with Crippen molar-refractivity contribution in [3.05, 3.63) is 29.8 Å². The van der Waals surface area contributed by atoms with Crippen LogP contribution in [0.1, 0.15) is 31.7 Å². The second-order valence-electron chi connectivity index (χ2n) is 5.84. The molecule has 0 spiro atoms. The molecule has 5 heteroatoms. The average Bonchev–Trinajstić information content (AvgIpc) is 2.42. The fraction of sp³-hybridized carbons (Fsp3) is 0.500. The highest BCUT2D eigenvalue weighted by Gasteiger charge is 2.24. The summed E-state index contributed by atoms with van der Waals surface area (Å²) in [6, 6.07) is 7.15. The average molecular weight is 305 g/mol. The Kier molecular flexibility index (Phi) is 5.31. The van der Waals surface area contributed by atoms with Crippen molar-refractivity contribution in [2.45, 2.75) is 32.2 Å². The predicted octanol–water partition coefficient (Wildman–Crippen LogP) is 2.38. The van der Waals surface area contributed by atoms with Gasteiger partial charge in [0.15, 0.2) is 0 Å². The van der Waals surface area contributed by atoms with E-state index in [2.05, 4.69) is 10.2 Å². The standard InChI is InChI=1S/C16H23N3OS/c1-11(19(2)10-12-4-3-5-12)16(20)18-14-8-6-13(7-9-14)15(17)21/h6-9,11-12H,3-5,10H2,1-2H3,(H2,17,21)(H,18,20). The van der Waals surface area contributed by atoms with Gasteiger partial charge in [0.1, 0.15) is 4.99 Å².